The summed E-state index contributed by atoms with van der Waals surface area (Å²) in [7, 11) is 0. The second-order valence-electron chi connectivity index (χ2n) is 5.19. The molecule has 0 heterocycles. The van der Waals surface area contributed by atoms with Crippen molar-refractivity contribution in [1.29, 1.82) is 0 Å². The van der Waals surface area contributed by atoms with E-state index in [1.165, 1.54) is 17.3 Å². The number of carbonyl (C=O) groups excluding carboxylic acids is 1. The maximum atomic E-state index is 11.9. The van der Waals surface area contributed by atoms with E-state index in [0.717, 1.165) is 10.6 Å². The lowest BCUT2D eigenvalue weighted by atomic mass is 10.0. The standard InChI is InChI=1S/C17H20N2OS/c1-12(2)13-6-8-15(9-7-13)19-17(20)11-21-16-5-3-4-14(18)10-16/h3-10,12H,11,18H2,1-2H3,(H,19,20). The summed E-state index contributed by atoms with van der Waals surface area (Å²) < 4.78 is 0. The van der Waals surface area contributed by atoms with Crippen LogP contribution in [-0.4, -0.2) is 11.7 Å². The summed E-state index contributed by atoms with van der Waals surface area (Å²) in [6.45, 7) is 4.30. The van der Waals surface area contributed by atoms with Crippen molar-refractivity contribution in [2.75, 3.05) is 16.8 Å². The molecule has 0 radical (unpaired) electrons. The van der Waals surface area contributed by atoms with Gasteiger partial charge in [0, 0.05) is 16.3 Å². The van der Waals surface area contributed by atoms with Gasteiger partial charge in [0.1, 0.15) is 0 Å². The number of carbonyl (C=O) groups is 1. The molecule has 2 aromatic rings. The molecule has 0 saturated carbocycles. The predicted octanol–water partition coefficient (Wildman–Crippen LogP) is 4.12. The highest BCUT2D eigenvalue weighted by Gasteiger charge is 2.05. The molecule has 0 aliphatic heterocycles. The van der Waals surface area contributed by atoms with E-state index < -0.39 is 0 Å². The van der Waals surface area contributed by atoms with Crippen molar-refractivity contribution < 1.29 is 4.79 Å². The molecule has 0 aliphatic rings. The van der Waals surface area contributed by atoms with Gasteiger partial charge in [-0.3, -0.25) is 4.79 Å². The Morgan fingerprint density at radius 3 is 2.52 bits per heavy atom. The van der Waals surface area contributed by atoms with Crippen LogP contribution in [-0.2, 0) is 4.79 Å². The first kappa shape index (κ1) is 15.4. The summed E-state index contributed by atoms with van der Waals surface area (Å²) in [4.78, 5) is 12.9. The lowest BCUT2D eigenvalue weighted by molar-refractivity contribution is -0.113. The van der Waals surface area contributed by atoms with Gasteiger partial charge in [-0.2, -0.15) is 0 Å². The van der Waals surface area contributed by atoms with Crippen molar-refractivity contribution in [2.45, 2.75) is 24.7 Å². The molecule has 0 saturated heterocycles. The summed E-state index contributed by atoms with van der Waals surface area (Å²) in [5.41, 5.74) is 8.52. The maximum Gasteiger partial charge on any atom is 0.234 e. The first-order valence-electron chi connectivity index (χ1n) is 6.93. The van der Waals surface area contributed by atoms with Crippen LogP contribution in [0.3, 0.4) is 0 Å². The molecule has 2 aromatic carbocycles. The van der Waals surface area contributed by atoms with Crippen molar-refractivity contribution >= 4 is 29.0 Å². The third-order valence-corrected chi connectivity index (χ3v) is 4.08. The van der Waals surface area contributed by atoms with Gasteiger partial charge in [-0.05, 0) is 41.8 Å². The monoisotopic (exact) mass is 300 g/mol. The van der Waals surface area contributed by atoms with Gasteiger partial charge in [0.15, 0.2) is 0 Å². The second-order valence-corrected chi connectivity index (χ2v) is 6.23. The van der Waals surface area contributed by atoms with E-state index in [1.54, 1.807) is 0 Å². The first-order chi connectivity index (χ1) is 10.0. The van der Waals surface area contributed by atoms with E-state index >= 15 is 0 Å². The average molecular weight is 300 g/mol. The normalized spacial score (nSPS) is 10.6. The smallest absolute Gasteiger partial charge is 0.234 e. The molecule has 2 rings (SSSR count). The molecule has 110 valence electrons. The van der Waals surface area contributed by atoms with Gasteiger partial charge in [0.2, 0.25) is 5.91 Å². The number of thioether (sulfide) groups is 1. The van der Waals surface area contributed by atoms with Crippen LogP contribution in [0.1, 0.15) is 25.3 Å². The van der Waals surface area contributed by atoms with Gasteiger partial charge in [-0.25, -0.2) is 0 Å². The first-order valence-corrected chi connectivity index (χ1v) is 7.91. The molecule has 0 aromatic heterocycles. The van der Waals surface area contributed by atoms with Gasteiger partial charge < -0.3 is 11.1 Å². The Kier molecular flexibility index (Phi) is 5.28. The number of hydrogen-bond donors (Lipinski definition) is 2. The van der Waals surface area contributed by atoms with E-state index in [4.69, 9.17) is 5.73 Å². The zero-order valence-electron chi connectivity index (χ0n) is 12.3. The summed E-state index contributed by atoms with van der Waals surface area (Å²) >= 11 is 1.48. The molecule has 0 bridgehead atoms. The molecular formula is C17H20N2OS. The van der Waals surface area contributed by atoms with Crippen LogP contribution >= 0.6 is 11.8 Å². The van der Waals surface area contributed by atoms with Gasteiger partial charge in [-0.15, -0.1) is 11.8 Å². The average Bonchev–Trinajstić information content (AvgIpc) is 2.46. The molecule has 4 heteroatoms. The maximum absolute atomic E-state index is 11.9. The fourth-order valence-electron chi connectivity index (χ4n) is 1.90. The number of benzene rings is 2. The van der Waals surface area contributed by atoms with Crippen LogP contribution < -0.4 is 11.1 Å². The van der Waals surface area contributed by atoms with E-state index in [2.05, 4.69) is 19.2 Å². The molecule has 0 aliphatic carbocycles. The zero-order chi connectivity index (χ0) is 15.2. The molecule has 3 nitrogen and oxygen atoms in total. The van der Waals surface area contributed by atoms with Crippen molar-refractivity contribution in [3.63, 3.8) is 0 Å². The van der Waals surface area contributed by atoms with E-state index in [1.807, 2.05) is 48.5 Å². The molecule has 0 spiro atoms. The number of hydrogen-bond acceptors (Lipinski definition) is 3. The Labute approximate surface area is 129 Å². The minimum Gasteiger partial charge on any atom is -0.399 e. The van der Waals surface area contributed by atoms with Crippen LogP contribution in [0.25, 0.3) is 0 Å². The van der Waals surface area contributed by atoms with Crippen molar-refractivity contribution in [1.82, 2.24) is 0 Å². The van der Waals surface area contributed by atoms with Crippen LogP contribution in [0, 0.1) is 0 Å². The van der Waals surface area contributed by atoms with Gasteiger partial charge in [-0.1, -0.05) is 32.0 Å². The van der Waals surface area contributed by atoms with Crippen LogP contribution in [0.15, 0.2) is 53.4 Å². The molecule has 1 amide bonds. The number of amides is 1. The Hall–Kier alpha value is -1.94. The Morgan fingerprint density at radius 2 is 1.90 bits per heavy atom. The number of anilines is 2. The fraction of sp³-hybridized carbons (Fsp3) is 0.235. The second kappa shape index (κ2) is 7.18. The predicted molar refractivity (Wildman–Crippen MR) is 90.7 cm³/mol. The Morgan fingerprint density at radius 1 is 1.19 bits per heavy atom. The summed E-state index contributed by atoms with van der Waals surface area (Å²) in [5.74, 6) is 0.851. The number of nitrogens with two attached hydrogens (primary N) is 1. The minimum absolute atomic E-state index is 0.0141. The summed E-state index contributed by atoms with van der Waals surface area (Å²) in [6.07, 6.45) is 0. The van der Waals surface area contributed by atoms with E-state index in [9.17, 15) is 4.79 Å². The van der Waals surface area contributed by atoms with Gasteiger partial charge in [0.05, 0.1) is 5.75 Å². The highest BCUT2D eigenvalue weighted by atomic mass is 32.2. The van der Waals surface area contributed by atoms with E-state index in [0.29, 0.717) is 17.4 Å². The molecule has 0 unspecified atom stereocenters. The van der Waals surface area contributed by atoms with Crippen LogP contribution in [0.2, 0.25) is 0 Å². The highest BCUT2D eigenvalue weighted by molar-refractivity contribution is 8.00. The van der Waals surface area contributed by atoms with Gasteiger partial charge >= 0.3 is 0 Å². The van der Waals surface area contributed by atoms with Crippen molar-refractivity contribution in [3.05, 3.63) is 54.1 Å². The Balaban J connectivity index is 1.87. The number of nitrogen functional groups attached to an aromatic ring is 1. The zero-order valence-corrected chi connectivity index (χ0v) is 13.1. The third kappa shape index (κ3) is 4.83. The lowest BCUT2D eigenvalue weighted by Crippen LogP contribution is -2.13. The number of rotatable bonds is 5. The van der Waals surface area contributed by atoms with Crippen LogP contribution in [0.4, 0.5) is 11.4 Å². The topological polar surface area (TPSA) is 55.1 Å². The highest BCUT2D eigenvalue weighted by Crippen LogP contribution is 2.21. The van der Waals surface area contributed by atoms with Crippen molar-refractivity contribution in [3.8, 4) is 0 Å². The molecule has 21 heavy (non-hydrogen) atoms. The van der Waals surface area contributed by atoms with Crippen molar-refractivity contribution in [2.24, 2.45) is 0 Å². The van der Waals surface area contributed by atoms with Gasteiger partial charge in [0.25, 0.3) is 0 Å². The Bertz CT molecular complexity index is 608. The fourth-order valence-corrected chi connectivity index (χ4v) is 2.67. The molecule has 0 fully saturated rings. The SMILES string of the molecule is CC(C)c1ccc(NC(=O)CSc2cccc(N)c2)cc1. The number of nitrogens with one attached hydrogen (secondary N) is 1. The van der Waals surface area contributed by atoms with E-state index in [-0.39, 0.29) is 5.91 Å². The summed E-state index contributed by atoms with van der Waals surface area (Å²) in [6, 6.07) is 15.5. The summed E-state index contributed by atoms with van der Waals surface area (Å²) in [5, 5.41) is 2.90. The largest absolute Gasteiger partial charge is 0.399 e. The van der Waals surface area contributed by atoms with Crippen LogP contribution in [0.5, 0.6) is 0 Å². The molecule has 0 atom stereocenters. The molecule has 3 N–H and O–H groups in total. The third-order valence-electron chi connectivity index (χ3n) is 3.09. The quantitative estimate of drug-likeness (QED) is 0.645. The molecular weight excluding hydrogens is 280 g/mol. The minimum atomic E-state index is -0.0141. The lowest BCUT2D eigenvalue weighted by Gasteiger charge is -2.08.